The van der Waals surface area contributed by atoms with Gasteiger partial charge in [0.2, 0.25) is 5.78 Å². The average molecular weight is 283 g/mol. The molecule has 0 fully saturated rings. The Morgan fingerprint density at radius 1 is 1.38 bits per heavy atom. The number of rotatable bonds is 1. The number of hydrogen-bond donors (Lipinski definition) is 1. The van der Waals surface area contributed by atoms with Gasteiger partial charge in [0, 0.05) is 11.5 Å². The molecule has 0 aromatic heterocycles. The van der Waals surface area contributed by atoms with Gasteiger partial charge in [-0.25, -0.2) is 4.79 Å². The van der Waals surface area contributed by atoms with Crippen molar-refractivity contribution in [1.29, 1.82) is 0 Å². The molecule has 5 nitrogen and oxygen atoms in total. The lowest BCUT2D eigenvalue weighted by molar-refractivity contribution is -0.133. The van der Waals surface area contributed by atoms with E-state index in [0.29, 0.717) is 16.8 Å². The van der Waals surface area contributed by atoms with Crippen LogP contribution >= 0.6 is 0 Å². The highest BCUT2D eigenvalue weighted by Crippen LogP contribution is 2.54. The molecule has 1 aromatic rings. The first-order valence-corrected chi connectivity index (χ1v) is 6.82. The molecule has 4 rings (SSSR count). The number of dihydropyridines is 1. The molecule has 106 valence electrons. The van der Waals surface area contributed by atoms with Gasteiger partial charge in [-0.05, 0) is 18.1 Å². The standard InChI is InChI=1S/C16H13NO4/c1-7-9-5-3-4-6-10(9)13(18)16-8(2)17-14(21-16)11(12(7)16)15(19)20/h3-7,14H,1-2H3,(H,19,20)/t7?,14-,16-/m0/s1. The summed E-state index contributed by atoms with van der Waals surface area (Å²) in [5.41, 5.74) is 1.37. The largest absolute Gasteiger partial charge is 0.478 e. The molecule has 0 amide bonds. The number of nitrogens with zero attached hydrogens (tertiary/aromatic N) is 1. The van der Waals surface area contributed by atoms with Crippen molar-refractivity contribution in [2.45, 2.75) is 31.6 Å². The number of ether oxygens (including phenoxy) is 1. The zero-order valence-corrected chi connectivity index (χ0v) is 11.6. The van der Waals surface area contributed by atoms with Gasteiger partial charge in [0.15, 0.2) is 11.8 Å². The van der Waals surface area contributed by atoms with Gasteiger partial charge in [0.05, 0.1) is 11.3 Å². The van der Waals surface area contributed by atoms with Crippen LogP contribution in [0, 0.1) is 0 Å². The third kappa shape index (κ3) is 1.23. The second kappa shape index (κ2) is 3.68. The van der Waals surface area contributed by atoms with Crippen molar-refractivity contribution >= 4 is 17.5 Å². The number of carbonyl (C=O) groups is 2. The van der Waals surface area contributed by atoms with E-state index in [2.05, 4.69) is 4.99 Å². The van der Waals surface area contributed by atoms with E-state index in [9.17, 15) is 14.7 Å². The molecular weight excluding hydrogens is 270 g/mol. The zero-order valence-electron chi connectivity index (χ0n) is 11.6. The summed E-state index contributed by atoms with van der Waals surface area (Å²) in [4.78, 5) is 28.8. The molecule has 1 N–H and O–H groups in total. The second-order valence-corrected chi connectivity index (χ2v) is 5.64. The maximum Gasteiger partial charge on any atom is 0.336 e. The highest BCUT2D eigenvalue weighted by molar-refractivity contribution is 6.26. The van der Waals surface area contributed by atoms with Crippen molar-refractivity contribution in [1.82, 2.24) is 0 Å². The summed E-state index contributed by atoms with van der Waals surface area (Å²) in [6.45, 7) is 3.65. The zero-order chi connectivity index (χ0) is 14.9. The number of carboxylic acids is 1. The topological polar surface area (TPSA) is 76.0 Å². The Labute approximate surface area is 120 Å². The summed E-state index contributed by atoms with van der Waals surface area (Å²) >= 11 is 0. The van der Waals surface area contributed by atoms with Crippen LogP contribution in [0.1, 0.15) is 35.7 Å². The first-order chi connectivity index (χ1) is 9.98. The van der Waals surface area contributed by atoms with E-state index in [-0.39, 0.29) is 17.3 Å². The minimum Gasteiger partial charge on any atom is -0.478 e. The number of hydrogen-bond acceptors (Lipinski definition) is 4. The summed E-state index contributed by atoms with van der Waals surface area (Å²) in [7, 11) is 0. The Hall–Kier alpha value is -2.27. The molecule has 2 heterocycles. The molecule has 2 aliphatic heterocycles. The van der Waals surface area contributed by atoms with Crippen molar-refractivity contribution in [3.63, 3.8) is 0 Å². The fourth-order valence-electron chi connectivity index (χ4n) is 3.78. The summed E-state index contributed by atoms with van der Waals surface area (Å²) < 4.78 is 5.78. The van der Waals surface area contributed by atoms with E-state index in [1.165, 1.54) is 0 Å². The first-order valence-electron chi connectivity index (χ1n) is 6.82. The van der Waals surface area contributed by atoms with Gasteiger partial charge in [-0.1, -0.05) is 31.2 Å². The fraction of sp³-hybridized carbons (Fsp3) is 0.312. The third-order valence-corrected chi connectivity index (χ3v) is 4.68. The first kappa shape index (κ1) is 12.5. The number of fused-ring (bicyclic) bond motifs is 2. The molecule has 1 spiro atoms. The molecule has 3 aliphatic rings. The van der Waals surface area contributed by atoms with Gasteiger partial charge in [0.1, 0.15) is 0 Å². The molecule has 0 radical (unpaired) electrons. The number of carbonyl (C=O) groups excluding carboxylic acids is 1. The summed E-state index contributed by atoms with van der Waals surface area (Å²) in [5, 5.41) is 9.49. The lowest BCUT2D eigenvalue weighted by Gasteiger charge is -2.37. The van der Waals surface area contributed by atoms with Gasteiger partial charge < -0.3 is 9.84 Å². The number of ketones is 1. The van der Waals surface area contributed by atoms with Crippen LogP contribution in [0.2, 0.25) is 0 Å². The molecule has 5 heteroatoms. The number of carboxylic acid groups (broad SMARTS) is 1. The van der Waals surface area contributed by atoms with Gasteiger partial charge in [0.25, 0.3) is 0 Å². The van der Waals surface area contributed by atoms with Crippen LogP contribution in [0.25, 0.3) is 0 Å². The molecule has 0 saturated carbocycles. The number of benzene rings is 1. The molecule has 3 atom stereocenters. The normalized spacial score (nSPS) is 32.9. The van der Waals surface area contributed by atoms with Crippen molar-refractivity contribution < 1.29 is 19.4 Å². The van der Waals surface area contributed by atoms with E-state index in [0.717, 1.165) is 5.56 Å². The average Bonchev–Trinajstić information content (AvgIpc) is 2.97. The molecule has 1 aliphatic carbocycles. The van der Waals surface area contributed by atoms with Crippen LogP contribution < -0.4 is 0 Å². The van der Waals surface area contributed by atoms with Crippen LogP contribution in [-0.2, 0) is 9.53 Å². The van der Waals surface area contributed by atoms with E-state index in [1.807, 2.05) is 19.1 Å². The van der Waals surface area contributed by atoms with Crippen molar-refractivity contribution in [3.05, 3.63) is 46.5 Å². The smallest absolute Gasteiger partial charge is 0.336 e. The van der Waals surface area contributed by atoms with Crippen LogP contribution in [-0.4, -0.2) is 34.4 Å². The molecular formula is C16H13NO4. The minimum absolute atomic E-state index is 0.121. The van der Waals surface area contributed by atoms with E-state index in [4.69, 9.17) is 4.74 Å². The van der Waals surface area contributed by atoms with E-state index in [1.54, 1.807) is 19.1 Å². The number of Topliss-reactive ketones (excluding diaryl/α,β-unsaturated/α-hetero) is 1. The van der Waals surface area contributed by atoms with E-state index < -0.39 is 17.8 Å². The Balaban J connectivity index is 2.08. The van der Waals surface area contributed by atoms with Crippen molar-refractivity contribution in [2.24, 2.45) is 4.99 Å². The van der Waals surface area contributed by atoms with E-state index >= 15 is 0 Å². The Bertz CT molecular complexity index is 776. The van der Waals surface area contributed by atoms with Crippen LogP contribution in [0.15, 0.2) is 40.4 Å². The quantitative estimate of drug-likeness (QED) is 0.854. The maximum absolute atomic E-state index is 13.0. The Morgan fingerprint density at radius 2 is 2.10 bits per heavy atom. The fourth-order valence-corrected chi connectivity index (χ4v) is 3.78. The lowest BCUT2D eigenvalue weighted by atomic mass is 9.67. The summed E-state index contributed by atoms with van der Waals surface area (Å²) in [6, 6.07) is 7.30. The lowest BCUT2D eigenvalue weighted by Crippen LogP contribution is -2.50. The molecule has 0 saturated heterocycles. The highest BCUT2D eigenvalue weighted by Gasteiger charge is 2.63. The third-order valence-electron chi connectivity index (χ3n) is 4.68. The maximum atomic E-state index is 13.0. The Morgan fingerprint density at radius 3 is 2.81 bits per heavy atom. The van der Waals surface area contributed by atoms with Crippen LogP contribution in [0.3, 0.4) is 0 Å². The second-order valence-electron chi connectivity index (χ2n) is 5.64. The summed E-state index contributed by atoms with van der Waals surface area (Å²) in [5.74, 6) is -1.45. The van der Waals surface area contributed by atoms with Crippen LogP contribution in [0.4, 0.5) is 0 Å². The predicted octanol–water partition coefficient (Wildman–Crippen LogP) is 1.94. The number of aliphatic imine (C=N–C) groups is 1. The minimum atomic E-state index is -1.30. The van der Waals surface area contributed by atoms with Crippen molar-refractivity contribution in [3.8, 4) is 0 Å². The number of aliphatic carboxylic acids is 1. The van der Waals surface area contributed by atoms with Gasteiger partial charge in [-0.2, -0.15) is 0 Å². The predicted molar refractivity (Wildman–Crippen MR) is 74.6 cm³/mol. The Kier molecular flexibility index (Phi) is 2.18. The van der Waals surface area contributed by atoms with Crippen molar-refractivity contribution in [2.75, 3.05) is 0 Å². The van der Waals surface area contributed by atoms with Crippen LogP contribution in [0.5, 0.6) is 0 Å². The van der Waals surface area contributed by atoms with Gasteiger partial charge in [-0.3, -0.25) is 9.79 Å². The highest BCUT2D eigenvalue weighted by atomic mass is 16.5. The molecule has 1 aromatic carbocycles. The molecule has 1 unspecified atom stereocenters. The SMILES string of the molecule is CC1=N[C@H]2O[C@@]13C(=O)c1ccccc1C(C)C3=C2C(=O)O. The van der Waals surface area contributed by atoms with Gasteiger partial charge >= 0.3 is 5.97 Å². The molecule has 21 heavy (non-hydrogen) atoms. The summed E-state index contributed by atoms with van der Waals surface area (Å²) in [6.07, 6.45) is -0.863. The molecule has 2 bridgehead atoms. The monoisotopic (exact) mass is 283 g/mol. The van der Waals surface area contributed by atoms with Gasteiger partial charge in [-0.15, -0.1) is 0 Å².